The number of rotatable bonds is 6. The van der Waals surface area contributed by atoms with E-state index in [1.807, 2.05) is 24.4 Å². The smallest absolute Gasteiger partial charge is 0.115 e. The molecule has 128 valence electrons. The third-order valence-electron chi connectivity index (χ3n) is 4.93. The SMILES string of the molecule is CN(Cc1cccc(O)c1)C1CCN(CCc2ccccn2)CC1. The summed E-state index contributed by atoms with van der Waals surface area (Å²) in [5.74, 6) is 0.352. The summed E-state index contributed by atoms with van der Waals surface area (Å²) in [6, 6.07) is 14.3. The second kappa shape index (κ2) is 8.27. The van der Waals surface area contributed by atoms with Crippen molar-refractivity contribution in [3.63, 3.8) is 0 Å². The van der Waals surface area contributed by atoms with Crippen molar-refractivity contribution in [3.05, 3.63) is 59.9 Å². The first-order chi connectivity index (χ1) is 11.7. The van der Waals surface area contributed by atoms with E-state index >= 15 is 0 Å². The molecule has 3 rings (SSSR count). The lowest BCUT2D eigenvalue weighted by atomic mass is 10.0. The summed E-state index contributed by atoms with van der Waals surface area (Å²) in [5, 5.41) is 9.59. The predicted molar refractivity (Wildman–Crippen MR) is 97.0 cm³/mol. The quantitative estimate of drug-likeness (QED) is 0.886. The first-order valence-corrected chi connectivity index (χ1v) is 8.81. The summed E-state index contributed by atoms with van der Waals surface area (Å²) < 4.78 is 0. The van der Waals surface area contributed by atoms with Crippen molar-refractivity contribution in [2.75, 3.05) is 26.7 Å². The molecule has 24 heavy (non-hydrogen) atoms. The first-order valence-electron chi connectivity index (χ1n) is 8.81. The zero-order chi connectivity index (χ0) is 16.8. The van der Waals surface area contributed by atoms with Gasteiger partial charge < -0.3 is 10.0 Å². The van der Waals surface area contributed by atoms with Crippen molar-refractivity contribution in [1.29, 1.82) is 0 Å². The van der Waals surface area contributed by atoms with Gasteiger partial charge in [-0.3, -0.25) is 9.88 Å². The van der Waals surface area contributed by atoms with Gasteiger partial charge in [0.25, 0.3) is 0 Å². The highest BCUT2D eigenvalue weighted by Crippen LogP contribution is 2.19. The Hall–Kier alpha value is -1.91. The van der Waals surface area contributed by atoms with Crippen LogP contribution >= 0.6 is 0 Å². The number of aromatic nitrogens is 1. The summed E-state index contributed by atoms with van der Waals surface area (Å²) in [6.45, 7) is 4.30. The second-order valence-corrected chi connectivity index (χ2v) is 6.73. The maximum atomic E-state index is 9.59. The molecule has 0 atom stereocenters. The molecule has 0 spiro atoms. The summed E-state index contributed by atoms with van der Waals surface area (Å²) in [4.78, 5) is 9.38. The molecule has 2 aromatic rings. The van der Waals surface area contributed by atoms with Gasteiger partial charge in [0.2, 0.25) is 0 Å². The molecule has 0 amide bonds. The number of likely N-dealkylation sites (tertiary alicyclic amines) is 1. The Morgan fingerprint density at radius 1 is 1.17 bits per heavy atom. The number of piperidine rings is 1. The van der Waals surface area contributed by atoms with Crippen molar-refractivity contribution < 1.29 is 5.11 Å². The largest absolute Gasteiger partial charge is 0.508 e. The predicted octanol–water partition coefficient (Wildman–Crippen LogP) is 2.93. The zero-order valence-electron chi connectivity index (χ0n) is 14.4. The molecule has 4 nitrogen and oxygen atoms in total. The Kier molecular flexibility index (Phi) is 5.83. The van der Waals surface area contributed by atoms with Crippen LogP contribution in [0.2, 0.25) is 0 Å². The van der Waals surface area contributed by atoms with Crippen LogP contribution in [0.3, 0.4) is 0 Å². The minimum atomic E-state index is 0.352. The van der Waals surface area contributed by atoms with E-state index in [1.165, 1.54) is 24.1 Å². The first kappa shape index (κ1) is 16.9. The van der Waals surface area contributed by atoms with Crippen LogP contribution in [0.1, 0.15) is 24.1 Å². The van der Waals surface area contributed by atoms with Gasteiger partial charge in [0.15, 0.2) is 0 Å². The lowest BCUT2D eigenvalue weighted by Crippen LogP contribution is -2.43. The second-order valence-electron chi connectivity index (χ2n) is 6.73. The molecule has 1 N–H and O–H groups in total. The average Bonchev–Trinajstić information content (AvgIpc) is 2.61. The monoisotopic (exact) mass is 325 g/mol. The van der Waals surface area contributed by atoms with Gasteiger partial charge in [-0.1, -0.05) is 18.2 Å². The minimum absolute atomic E-state index is 0.352. The van der Waals surface area contributed by atoms with Crippen molar-refractivity contribution in [1.82, 2.24) is 14.8 Å². The van der Waals surface area contributed by atoms with E-state index in [0.29, 0.717) is 11.8 Å². The molecule has 0 saturated carbocycles. The van der Waals surface area contributed by atoms with Crippen LogP contribution in [0.5, 0.6) is 5.75 Å². The molecule has 1 saturated heterocycles. The van der Waals surface area contributed by atoms with Crippen LogP contribution in [-0.4, -0.2) is 52.6 Å². The van der Waals surface area contributed by atoms with E-state index in [2.05, 4.69) is 40.0 Å². The third kappa shape index (κ3) is 4.79. The Bertz CT molecular complexity index is 624. The number of phenolic OH excluding ortho intramolecular Hbond substituents is 1. The number of aromatic hydroxyl groups is 1. The molecule has 1 aromatic heterocycles. The lowest BCUT2D eigenvalue weighted by Gasteiger charge is -2.36. The Labute approximate surface area is 144 Å². The van der Waals surface area contributed by atoms with Gasteiger partial charge in [-0.25, -0.2) is 0 Å². The van der Waals surface area contributed by atoms with Crippen molar-refractivity contribution in [2.24, 2.45) is 0 Å². The molecule has 1 aliphatic heterocycles. The average molecular weight is 325 g/mol. The molecule has 0 radical (unpaired) electrons. The summed E-state index contributed by atoms with van der Waals surface area (Å²) >= 11 is 0. The van der Waals surface area contributed by atoms with Gasteiger partial charge >= 0.3 is 0 Å². The van der Waals surface area contributed by atoms with E-state index in [9.17, 15) is 5.11 Å². The molecular weight excluding hydrogens is 298 g/mol. The molecule has 0 bridgehead atoms. The standard InChI is InChI=1S/C20H27N3O/c1-22(16-17-5-4-7-20(24)15-17)19-9-13-23(14-10-19)12-8-18-6-2-3-11-21-18/h2-7,11,15,19,24H,8-10,12-14,16H2,1H3. The van der Waals surface area contributed by atoms with E-state index in [0.717, 1.165) is 32.6 Å². The fraction of sp³-hybridized carbons (Fsp3) is 0.450. The summed E-state index contributed by atoms with van der Waals surface area (Å²) in [7, 11) is 2.19. The van der Waals surface area contributed by atoms with Crippen LogP contribution in [0.4, 0.5) is 0 Å². The summed E-state index contributed by atoms with van der Waals surface area (Å²) in [5.41, 5.74) is 2.36. The van der Waals surface area contributed by atoms with E-state index < -0.39 is 0 Å². The topological polar surface area (TPSA) is 39.6 Å². The molecule has 0 unspecified atom stereocenters. The maximum Gasteiger partial charge on any atom is 0.115 e. The summed E-state index contributed by atoms with van der Waals surface area (Å²) in [6.07, 6.45) is 5.32. The normalized spacial score (nSPS) is 16.6. The third-order valence-corrected chi connectivity index (χ3v) is 4.93. The van der Waals surface area contributed by atoms with Crippen molar-refractivity contribution in [3.8, 4) is 5.75 Å². The van der Waals surface area contributed by atoms with Crippen LogP contribution in [-0.2, 0) is 13.0 Å². The number of benzene rings is 1. The fourth-order valence-corrected chi connectivity index (χ4v) is 3.47. The molecular formula is C20H27N3O. The molecule has 4 heteroatoms. The molecule has 1 fully saturated rings. The van der Waals surface area contributed by atoms with Gasteiger partial charge in [-0.05, 0) is 62.8 Å². The highest BCUT2D eigenvalue weighted by atomic mass is 16.3. The van der Waals surface area contributed by atoms with Gasteiger partial charge in [0, 0.05) is 37.4 Å². The Morgan fingerprint density at radius 3 is 2.71 bits per heavy atom. The molecule has 2 heterocycles. The van der Waals surface area contributed by atoms with Crippen molar-refractivity contribution in [2.45, 2.75) is 31.8 Å². The highest BCUT2D eigenvalue weighted by molar-refractivity contribution is 5.27. The Morgan fingerprint density at radius 2 is 2.00 bits per heavy atom. The van der Waals surface area contributed by atoms with E-state index in [-0.39, 0.29) is 0 Å². The zero-order valence-corrected chi connectivity index (χ0v) is 14.4. The van der Waals surface area contributed by atoms with Gasteiger partial charge in [-0.15, -0.1) is 0 Å². The van der Waals surface area contributed by atoms with Gasteiger partial charge in [0.05, 0.1) is 0 Å². The molecule has 1 aliphatic rings. The van der Waals surface area contributed by atoms with Gasteiger partial charge in [-0.2, -0.15) is 0 Å². The number of phenols is 1. The highest BCUT2D eigenvalue weighted by Gasteiger charge is 2.22. The lowest BCUT2D eigenvalue weighted by molar-refractivity contribution is 0.124. The van der Waals surface area contributed by atoms with Gasteiger partial charge in [0.1, 0.15) is 5.75 Å². The van der Waals surface area contributed by atoms with Crippen LogP contribution < -0.4 is 0 Å². The van der Waals surface area contributed by atoms with E-state index in [1.54, 1.807) is 6.07 Å². The Balaban J connectivity index is 1.43. The van der Waals surface area contributed by atoms with Crippen LogP contribution in [0.15, 0.2) is 48.7 Å². The molecule has 0 aliphatic carbocycles. The number of hydrogen-bond donors (Lipinski definition) is 1. The maximum absolute atomic E-state index is 9.59. The van der Waals surface area contributed by atoms with Crippen LogP contribution in [0.25, 0.3) is 0 Å². The number of pyridine rings is 1. The van der Waals surface area contributed by atoms with Crippen LogP contribution in [0, 0.1) is 0 Å². The van der Waals surface area contributed by atoms with Crippen molar-refractivity contribution >= 4 is 0 Å². The minimum Gasteiger partial charge on any atom is -0.508 e. The van der Waals surface area contributed by atoms with E-state index in [4.69, 9.17) is 0 Å². The molecule has 1 aromatic carbocycles. The number of hydrogen-bond acceptors (Lipinski definition) is 4. The number of nitrogens with zero attached hydrogens (tertiary/aromatic N) is 3. The fourth-order valence-electron chi connectivity index (χ4n) is 3.47.